The molecule has 7 heteroatoms. The number of halogens is 3. The van der Waals surface area contributed by atoms with Crippen LogP contribution < -0.4 is 0 Å². The molecule has 0 amide bonds. The van der Waals surface area contributed by atoms with Gasteiger partial charge >= 0.3 is 12.1 Å². The summed E-state index contributed by atoms with van der Waals surface area (Å²) in [4.78, 5) is 22.0. The third-order valence-corrected chi connectivity index (χ3v) is 3.91. The van der Waals surface area contributed by atoms with Gasteiger partial charge in [-0.2, -0.15) is 13.2 Å². The second-order valence-electron chi connectivity index (χ2n) is 5.63. The fourth-order valence-corrected chi connectivity index (χ4v) is 2.45. The summed E-state index contributed by atoms with van der Waals surface area (Å²) in [7, 11) is 0. The molecule has 0 aromatic rings. The quantitative estimate of drug-likeness (QED) is 0.620. The van der Waals surface area contributed by atoms with E-state index in [2.05, 4.69) is 0 Å². The summed E-state index contributed by atoms with van der Waals surface area (Å²) in [5, 5.41) is 19.2. The van der Waals surface area contributed by atoms with Gasteiger partial charge in [-0.05, 0) is 44.1 Å². The van der Waals surface area contributed by atoms with Gasteiger partial charge in [-0.15, -0.1) is 0 Å². The van der Waals surface area contributed by atoms with Crippen molar-refractivity contribution in [3.63, 3.8) is 0 Å². The predicted octanol–water partition coefficient (Wildman–Crippen LogP) is 2.79. The number of ketones is 1. The van der Waals surface area contributed by atoms with Crippen molar-refractivity contribution in [1.29, 1.82) is 0 Å². The van der Waals surface area contributed by atoms with Gasteiger partial charge in [-0.1, -0.05) is 6.08 Å². The zero-order valence-corrected chi connectivity index (χ0v) is 12.4. The Kier molecular flexibility index (Phi) is 4.72. The van der Waals surface area contributed by atoms with E-state index in [0.29, 0.717) is 0 Å². The number of carboxylic acid groups (broad SMARTS) is 1. The molecule has 2 atom stereocenters. The molecule has 0 fully saturated rings. The van der Waals surface area contributed by atoms with E-state index >= 15 is 0 Å². The maximum Gasteiger partial charge on any atom is 0.398 e. The fraction of sp³-hybridized carbons (Fsp3) is 0.467. The number of alkyl halides is 3. The van der Waals surface area contributed by atoms with Gasteiger partial charge in [-0.25, -0.2) is 4.79 Å². The van der Waals surface area contributed by atoms with E-state index in [0.717, 1.165) is 31.2 Å². The van der Waals surface area contributed by atoms with Gasteiger partial charge in [0.25, 0.3) is 0 Å². The molecule has 0 saturated carbocycles. The number of rotatable bonds is 3. The Balaban J connectivity index is 3.41. The average Bonchev–Trinajstić information content (AvgIpc) is 2.31. The van der Waals surface area contributed by atoms with Crippen molar-refractivity contribution >= 4 is 11.8 Å². The number of hydrogen-bond acceptors (Lipinski definition) is 3. The minimum atomic E-state index is -4.82. The first-order chi connectivity index (χ1) is 9.83. The van der Waals surface area contributed by atoms with Crippen LogP contribution in [0, 0.1) is 5.41 Å². The molecule has 1 aliphatic carbocycles. The lowest BCUT2D eigenvalue weighted by Gasteiger charge is -2.46. The van der Waals surface area contributed by atoms with Crippen LogP contribution in [0.2, 0.25) is 0 Å². The first-order valence-electron chi connectivity index (χ1n) is 6.44. The third kappa shape index (κ3) is 3.14. The van der Waals surface area contributed by atoms with Gasteiger partial charge in [0.1, 0.15) is 11.0 Å². The summed E-state index contributed by atoms with van der Waals surface area (Å²) >= 11 is 0. The molecule has 0 saturated heterocycles. The van der Waals surface area contributed by atoms with Crippen LogP contribution in [0.25, 0.3) is 0 Å². The minimum absolute atomic E-state index is 0.136. The second-order valence-corrected chi connectivity index (χ2v) is 5.63. The topological polar surface area (TPSA) is 74.6 Å². The van der Waals surface area contributed by atoms with Gasteiger partial charge in [0.2, 0.25) is 0 Å². The largest absolute Gasteiger partial charge is 0.478 e. The first-order valence-corrected chi connectivity index (χ1v) is 6.44. The molecule has 0 heterocycles. The highest BCUT2D eigenvalue weighted by Crippen LogP contribution is 2.54. The molecular weight excluding hydrogens is 301 g/mol. The van der Waals surface area contributed by atoms with Crippen LogP contribution >= 0.6 is 0 Å². The van der Waals surface area contributed by atoms with Crippen LogP contribution in [0.4, 0.5) is 13.2 Å². The van der Waals surface area contributed by atoms with Crippen molar-refractivity contribution in [2.24, 2.45) is 5.41 Å². The molecule has 0 aromatic carbocycles. The molecule has 122 valence electrons. The molecule has 0 spiro atoms. The number of carboxylic acids is 1. The fourth-order valence-electron chi connectivity index (χ4n) is 2.45. The van der Waals surface area contributed by atoms with Crippen LogP contribution in [0.1, 0.15) is 27.2 Å². The molecule has 4 nitrogen and oxygen atoms in total. The molecule has 0 unspecified atom stereocenters. The van der Waals surface area contributed by atoms with Gasteiger partial charge in [0.15, 0.2) is 5.78 Å². The zero-order valence-electron chi connectivity index (χ0n) is 12.4. The molecule has 0 aromatic heterocycles. The Bertz CT molecular complexity index is 586. The lowest BCUT2D eigenvalue weighted by Crippen LogP contribution is -2.57. The Labute approximate surface area is 125 Å². The van der Waals surface area contributed by atoms with Crippen molar-refractivity contribution in [3.8, 4) is 0 Å². The van der Waals surface area contributed by atoms with Crippen LogP contribution in [0.5, 0.6) is 0 Å². The minimum Gasteiger partial charge on any atom is -0.478 e. The highest BCUT2D eigenvalue weighted by atomic mass is 19.4. The van der Waals surface area contributed by atoms with E-state index in [-0.39, 0.29) is 11.1 Å². The van der Waals surface area contributed by atoms with E-state index in [9.17, 15) is 27.9 Å². The summed E-state index contributed by atoms with van der Waals surface area (Å²) in [6, 6.07) is 0. The van der Waals surface area contributed by atoms with Crippen LogP contribution in [0.15, 0.2) is 35.5 Å². The predicted molar refractivity (Wildman–Crippen MR) is 73.0 cm³/mol. The normalized spacial score (nSPS) is 30.6. The van der Waals surface area contributed by atoms with Gasteiger partial charge in [0, 0.05) is 12.5 Å². The number of hydrogen-bond donors (Lipinski definition) is 2. The Morgan fingerprint density at radius 1 is 1.41 bits per heavy atom. The van der Waals surface area contributed by atoms with Crippen molar-refractivity contribution in [2.45, 2.75) is 39.0 Å². The number of carbonyl (C=O) groups excluding carboxylic acids is 1. The number of aliphatic hydroxyl groups is 1. The Hall–Kier alpha value is -1.89. The highest BCUT2D eigenvalue weighted by molar-refractivity contribution is 5.93. The van der Waals surface area contributed by atoms with E-state index < -0.39 is 35.4 Å². The van der Waals surface area contributed by atoms with Crippen molar-refractivity contribution < 1.29 is 33.0 Å². The number of carbonyl (C=O) groups is 2. The second kappa shape index (κ2) is 5.72. The van der Waals surface area contributed by atoms with Crippen LogP contribution in [0.3, 0.4) is 0 Å². The summed E-state index contributed by atoms with van der Waals surface area (Å²) in [6.07, 6.45) is -1.91. The first kappa shape index (κ1) is 18.2. The van der Waals surface area contributed by atoms with Gasteiger partial charge < -0.3 is 10.2 Å². The van der Waals surface area contributed by atoms with E-state index in [1.807, 2.05) is 0 Å². The lowest BCUT2D eigenvalue weighted by atomic mass is 9.62. The standard InChI is InChI=1S/C15H17F3O4/c1-9(6-12(20)21)4-5-14(22)10(2)7-11(19)8-13(14,3)15(16,17)18/h4-7,22H,8H2,1-3H3,(H,20,21)/b5-4+,9-6-/t13-,14+/m1/s1. The van der Waals surface area contributed by atoms with Crippen molar-refractivity contribution in [3.05, 3.63) is 35.5 Å². The van der Waals surface area contributed by atoms with E-state index in [4.69, 9.17) is 5.11 Å². The van der Waals surface area contributed by atoms with Crippen LogP contribution in [-0.2, 0) is 9.59 Å². The average molecular weight is 318 g/mol. The van der Waals surface area contributed by atoms with E-state index in [1.165, 1.54) is 13.8 Å². The summed E-state index contributed by atoms with van der Waals surface area (Å²) in [6.45, 7) is 3.40. The molecule has 0 radical (unpaired) electrons. The number of allylic oxidation sites excluding steroid dienone is 3. The molecule has 0 aliphatic heterocycles. The molecule has 22 heavy (non-hydrogen) atoms. The maximum absolute atomic E-state index is 13.4. The van der Waals surface area contributed by atoms with Crippen molar-refractivity contribution in [1.82, 2.24) is 0 Å². The Morgan fingerprint density at radius 2 is 1.95 bits per heavy atom. The number of aliphatic carboxylic acids is 1. The molecule has 2 N–H and O–H groups in total. The molecular formula is C15H17F3O4. The van der Waals surface area contributed by atoms with Crippen molar-refractivity contribution in [2.75, 3.05) is 0 Å². The lowest BCUT2D eigenvalue weighted by molar-refractivity contribution is -0.261. The molecule has 1 aliphatic rings. The van der Waals surface area contributed by atoms with Gasteiger partial charge in [0.05, 0.1) is 0 Å². The third-order valence-electron chi connectivity index (χ3n) is 3.91. The van der Waals surface area contributed by atoms with Gasteiger partial charge in [-0.3, -0.25) is 4.79 Å². The smallest absolute Gasteiger partial charge is 0.398 e. The highest BCUT2D eigenvalue weighted by Gasteiger charge is 2.64. The summed E-state index contributed by atoms with van der Waals surface area (Å²) in [5.41, 5.74) is -5.08. The maximum atomic E-state index is 13.4. The summed E-state index contributed by atoms with van der Waals surface area (Å²) < 4.78 is 40.3. The van der Waals surface area contributed by atoms with Crippen LogP contribution in [-0.4, -0.2) is 33.7 Å². The summed E-state index contributed by atoms with van der Waals surface area (Å²) in [5.74, 6) is -1.97. The SMILES string of the molecule is CC1=CC(=O)C[C@@](C)(C(F)(F)F)[C@]1(O)/C=C/C(C)=C\C(=O)O. The monoisotopic (exact) mass is 318 g/mol. The zero-order chi connectivity index (χ0) is 17.3. The Morgan fingerprint density at radius 3 is 2.41 bits per heavy atom. The molecule has 1 rings (SSSR count). The van der Waals surface area contributed by atoms with E-state index in [1.54, 1.807) is 0 Å². The molecule has 0 bridgehead atoms.